The van der Waals surface area contributed by atoms with Crippen LogP contribution in [0.2, 0.25) is 0 Å². The SMILES string of the molecule is C=CCCc1c(F)cc(OC(=O)c2cc(F)c(C3CCC4CC(C=C)CCC4C3)c(F)c2)cc1F. The molecule has 2 aromatic carbocycles. The second-order valence-corrected chi connectivity index (χ2v) is 9.77. The molecule has 0 N–H and O–H groups in total. The number of fused-ring (bicyclic) bond motifs is 1. The van der Waals surface area contributed by atoms with Crippen molar-refractivity contribution < 1.29 is 27.1 Å². The van der Waals surface area contributed by atoms with Gasteiger partial charge in [-0.15, -0.1) is 13.2 Å². The van der Waals surface area contributed by atoms with Gasteiger partial charge in [-0.05, 0) is 87.2 Å². The van der Waals surface area contributed by atoms with Gasteiger partial charge in [0.2, 0.25) is 0 Å². The first kappa shape index (κ1) is 25.2. The maximum Gasteiger partial charge on any atom is 0.343 e. The van der Waals surface area contributed by atoms with Crippen LogP contribution in [-0.2, 0) is 6.42 Å². The van der Waals surface area contributed by atoms with E-state index in [2.05, 4.69) is 13.2 Å². The van der Waals surface area contributed by atoms with Crippen molar-refractivity contribution in [3.8, 4) is 5.75 Å². The fourth-order valence-electron chi connectivity index (χ4n) is 5.78. The van der Waals surface area contributed by atoms with Gasteiger partial charge in [0, 0.05) is 23.3 Å². The Bertz CT molecular complexity index is 1080. The Labute approximate surface area is 203 Å². The summed E-state index contributed by atoms with van der Waals surface area (Å²) in [6, 6.07) is 3.68. The first-order chi connectivity index (χ1) is 16.8. The van der Waals surface area contributed by atoms with Crippen molar-refractivity contribution >= 4 is 5.97 Å². The summed E-state index contributed by atoms with van der Waals surface area (Å²) in [5.41, 5.74) is -0.478. The lowest BCUT2D eigenvalue weighted by Gasteiger charge is -2.41. The number of allylic oxidation sites excluding steroid dienone is 2. The van der Waals surface area contributed by atoms with E-state index in [1.807, 2.05) is 6.08 Å². The Morgan fingerprint density at radius 1 is 0.886 bits per heavy atom. The van der Waals surface area contributed by atoms with Gasteiger partial charge < -0.3 is 4.74 Å². The van der Waals surface area contributed by atoms with E-state index in [4.69, 9.17) is 4.74 Å². The zero-order chi connectivity index (χ0) is 25.1. The van der Waals surface area contributed by atoms with Gasteiger partial charge in [0.1, 0.15) is 29.0 Å². The number of hydrogen-bond donors (Lipinski definition) is 0. The zero-order valence-electron chi connectivity index (χ0n) is 19.7. The van der Waals surface area contributed by atoms with E-state index in [0.717, 1.165) is 56.4 Å². The fourth-order valence-corrected chi connectivity index (χ4v) is 5.78. The third-order valence-corrected chi connectivity index (χ3v) is 7.63. The van der Waals surface area contributed by atoms with Crippen molar-refractivity contribution in [2.24, 2.45) is 17.8 Å². The van der Waals surface area contributed by atoms with E-state index >= 15 is 8.78 Å². The van der Waals surface area contributed by atoms with Crippen LogP contribution in [0, 0.1) is 41.0 Å². The number of hydrogen-bond acceptors (Lipinski definition) is 2. The normalized spacial score (nSPS) is 23.9. The molecular weight excluding hydrogens is 456 g/mol. The second kappa shape index (κ2) is 10.8. The molecule has 4 rings (SSSR count). The average Bonchev–Trinajstić information content (AvgIpc) is 2.82. The summed E-state index contributed by atoms with van der Waals surface area (Å²) in [6.45, 7) is 7.42. The summed E-state index contributed by atoms with van der Waals surface area (Å²) < 4.78 is 63.6. The van der Waals surface area contributed by atoms with Crippen LogP contribution >= 0.6 is 0 Å². The van der Waals surface area contributed by atoms with Crippen LogP contribution in [0.25, 0.3) is 0 Å². The van der Waals surface area contributed by atoms with Crippen LogP contribution in [0.4, 0.5) is 17.6 Å². The smallest absolute Gasteiger partial charge is 0.343 e. The van der Waals surface area contributed by atoms with Crippen LogP contribution in [0.5, 0.6) is 5.75 Å². The molecule has 2 fully saturated rings. The Balaban J connectivity index is 1.47. The molecule has 2 nitrogen and oxygen atoms in total. The third-order valence-electron chi connectivity index (χ3n) is 7.63. The molecule has 6 heteroatoms. The number of carbonyl (C=O) groups excluding carboxylic acids is 1. The molecule has 4 unspecified atom stereocenters. The monoisotopic (exact) mass is 486 g/mol. The van der Waals surface area contributed by atoms with Crippen molar-refractivity contribution in [2.75, 3.05) is 0 Å². The summed E-state index contributed by atoms with van der Waals surface area (Å²) in [4.78, 5) is 12.5. The van der Waals surface area contributed by atoms with Crippen LogP contribution in [0.1, 0.15) is 72.3 Å². The van der Waals surface area contributed by atoms with Crippen LogP contribution in [0.3, 0.4) is 0 Å². The molecule has 4 atom stereocenters. The van der Waals surface area contributed by atoms with Crippen molar-refractivity contribution in [3.63, 3.8) is 0 Å². The minimum Gasteiger partial charge on any atom is -0.423 e. The van der Waals surface area contributed by atoms with E-state index in [9.17, 15) is 13.6 Å². The molecule has 2 aliphatic carbocycles. The lowest BCUT2D eigenvalue weighted by atomic mass is 9.64. The Hall–Kier alpha value is -2.89. The van der Waals surface area contributed by atoms with Gasteiger partial charge in [0.05, 0.1) is 5.56 Å². The van der Waals surface area contributed by atoms with E-state index < -0.39 is 29.2 Å². The zero-order valence-corrected chi connectivity index (χ0v) is 19.7. The van der Waals surface area contributed by atoms with Gasteiger partial charge in [-0.1, -0.05) is 12.2 Å². The number of rotatable bonds is 7. The van der Waals surface area contributed by atoms with Gasteiger partial charge in [0.25, 0.3) is 0 Å². The van der Waals surface area contributed by atoms with Crippen LogP contribution in [0.15, 0.2) is 49.6 Å². The standard InChI is InChI=1S/C29H30F4O2/c1-3-5-6-23-24(30)15-22(16-25(23)31)35-29(34)21-13-26(32)28(27(33)14-21)20-10-9-18-11-17(4-2)7-8-19(18)12-20/h3-4,13-20H,1-2,5-12H2. The summed E-state index contributed by atoms with van der Waals surface area (Å²) in [5.74, 6) is -3.48. The first-order valence-electron chi connectivity index (χ1n) is 12.2. The van der Waals surface area contributed by atoms with Crippen molar-refractivity contribution in [1.82, 2.24) is 0 Å². The van der Waals surface area contributed by atoms with Crippen LogP contribution in [-0.4, -0.2) is 5.97 Å². The number of esters is 1. The van der Waals surface area contributed by atoms with Gasteiger partial charge in [0.15, 0.2) is 0 Å². The highest BCUT2D eigenvalue weighted by Gasteiger charge is 2.37. The molecule has 0 radical (unpaired) electrons. The highest BCUT2D eigenvalue weighted by Crippen LogP contribution is 2.48. The van der Waals surface area contributed by atoms with Crippen molar-refractivity contribution in [1.29, 1.82) is 0 Å². The molecule has 0 heterocycles. The predicted molar refractivity (Wildman–Crippen MR) is 127 cm³/mol. The van der Waals surface area contributed by atoms with E-state index in [1.165, 1.54) is 0 Å². The molecule has 0 bridgehead atoms. The van der Waals surface area contributed by atoms with Gasteiger partial charge in [-0.2, -0.15) is 0 Å². The molecule has 35 heavy (non-hydrogen) atoms. The summed E-state index contributed by atoms with van der Waals surface area (Å²) in [6.07, 6.45) is 9.57. The lowest BCUT2D eigenvalue weighted by molar-refractivity contribution is 0.0732. The molecule has 2 saturated carbocycles. The molecule has 0 aromatic heterocycles. The molecular formula is C29H30F4O2. The van der Waals surface area contributed by atoms with Crippen LogP contribution < -0.4 is 4.74 Å². The highest BCUT2D eigenvalue weighted by atomic mass is 19.1. The van der Waals surface area contributed by atoms with Gasteiger partial charge in [-0.25, -0.2) is 22.4 Å². The van der Waals surface area contributed by atoms with Crippen molar-refractivity contribution in [3.05, 3.63) is 89.5 Å². The number of halogens is 4. The maximum absolute atomic E-state index is 15.0. The molecule has 186 valence electrons. The second-order valence-electron chi connectivity index (χ2n) is 9.77. The Morgan fingerprint density at radius 3 is 2.14 bits per heavy atom. The minimum atomic E-state index is -1.08. The third kappa shape index (κ3) is 5.52. The Kier molecular flexibility index (Phi) is 7.78. The lowest BCUT2D eigenvalue weighted by Crippen LogP contribution is -2.30. The minimum absolute atomic E-state index is 0.00880. The summed E-state index contributed by atoms with van der Waals surface area (Å²) in [7, 11) is 0. The van der Waals surface area contributed by atoms with Crippen molar-refractivity contribution in [2.45, 2.75) is 57.3 Å². The predicted octanol–water partition coefficient (Wildman–Crippen LogP) is 8.07. The number of carbonyl (C=O) groups is 1. The Morgan fingerprint density at radius 2 is 1.51 bits per heavy atom. The molecule has 0 spiro atoms. The largest absolute Gasteiger partial charge is 0.423 e. The molecule has 0 aliphatic heterocycles. The maximum atomic E-state index is 15.0. The topological polar surface area (TPSA) is 26.3 Å². The quantitative estimate of drug-likeness (QED) is 0.171. The fraction of sp³-hybridized carbons (Fsp3) is 0.414. The van der Waals surface area contributed by atoms with E-state index in [1.54, 1.807) is 6.08 Å². The number of ether oxygens (including phenoxy) is 1. The summed E-state index contributed by atoms with van der Waals surface area (Å²) >= 11 is 0. The van der Waals surface area contributed by atoms with E-state index in [-0.39, 0.29) is 34.8 Å². The van der Waals surface area contributed by atoms with E-state index in [0.29, 0.717) is 30.6 Å². The molecule has 2 aliphatic rings. The van der Waals surface area contributed by atoms with Gasteiger partial charge in [-0.3, -0.25) is 0 Å². The van der Waals surface area contributed by atoms with Gasteiger partial charge >= 0.3 is 5.97 Å². The number of benzene rings is 2. The molecule has 0 amide bonds. The first-order valence-corrected chi connectivity index (χ1v) is 12.2. The molecule has 0 saturated heterocycles. The highest BCUT2D eigenvalue weighted by molar-refractivity contribution is 5.91. The average molecular weight is 487 g/mol. The molecule has 2 aromatic rings. The summed E-state index contributed by atoms with van der Waals surface area (Å²) in [5, 5.41) is 0.